The highest BCUT2D eigenvalue weighted by Gasteiger charge is 2.32. The molecule has 16 heavy (non-hydrogen) atoms. The van der Waals surface area contributed by atoms with E-state index in [1.807, 2.05) is 6.07 Å². The Hall–Kier alpha value is -0.900. The second-order valence-corrected chi connectivity index (χ2v) is 4.56. The van der Waals surface area contributed by atoms with Crippen LogP contribution in [0.1, 0.15) is 36.2 Å². The molecular formula is C13H17NO2. The molecule has 3 heteroatoms. The van der Waals surface area contributed by atoms with Crippen LogP contribution in [0.3, 0.4) is 0 Å². The molecule has 1 aromatic carbocycles. The molecule has 2 N–H and O–H groups in total. The number of rotatable bonds is 3. The van der Waals surface area contributed by atoms with Crippen LogP contribution in [-0.4, -0.2) is 19.3 Å². The first-order valence-electron chi connectivity index (χ1n) is 5.94. The molecule has 2 atom stereocenters. The van der Waals surface area contributed by atoms with E-state index in [0.29, 0.717) is 13.2 Å². The van der Waals surface area contributed by atoms with E-state index in [1.54, 1.807) is 0 Å². The summed E-state index contributed by atoms with van der Waals surface area (Å²) in [7, 11) is 0. The summed E-state index contributed by atoms with van der Waals surface area (Å²) in [5.41, 5.74) is 8.17. The summed E-state index contributed by atoms with van der Waals surface area (Å²) >= 11 is 0. The number of benzene rings is 1. The smallest absolute Gasteiger partial charge is 0.184 e. The van der Waals surface area contributed by atoms with Crippen LogP contribution in [-0.2, 0) is 9.47 Å². The van der Waals surface area contributed by atoms with Gasteiger partial charge in [0.25, 0.3) is 0 Å². The molecule has 2 aliphatic rings. The van der Waals surface area contributed by atoms with Crippen LogP contribution in [0.2, 0.25) is 0 Å². The van der Waals surface area contributed by atoms with Crippen LogP contribution in [0.15, 0.2) is 24.3 Å². The molecule has 2 unspecified atom stereocenters. The van der Waals surface area contributed by atoms with Gasteiger partial charge >= 0.3 is 0 Å². The Balaban J connectivity index is 1.83. The van der Waals surface area contributed by atoms with Gasteiger partial charge in [-0.15, -0.1) is 0 Å². The summed E-state index contributed by atoms with van der Waals surface area (Å²) in [5.74, 6) is 0.723. The number of hydrogen-bond acceptors (Lipinski definition) is 3. The van der Waals surface area contributed by atoms with Crippen molar-refractivity contribution >= 4 is 0 Å². The van der Waals surface area contributed by atoms with E-state index in [-0.39, 0.29) is 12.4 Å². The monoisotopic (exact) mass is 219 g/mol. The van der Waals surface area contributed by atoms with Crippen LogP contribution >= 0.6 is 0 Å². The van der Waals surface area contributed by atoms with Crippen LogP contribution in [0.4, 0.5) is 0 Å². The molecule has 0 spiro atoms. The zero-order valence-corrected chi connectivity index (χ0v) is 9.26. The molecule has 1 aliphatic carbocycles. The Kier molecular flexibility index (Phi) is 2.67. The van der Waals surface area contributed by atoms with Crippen molar-refractivity contribution in [2.24, 2.45) is 5.73 Å². The number of nitrogens with two attached hydrogens (primary N) is 1. The first-order valence-corrected chi connectivity index (χ1v) is 5.94. The van der Waals surface area contributed by atoms with Gasteiger partial charge in [0, 0.05) is 12.1 Å². The van der Waals surface area contributed by atoms with Crippen molar-refractivity contribution in [1.29, 1.82) is 0 Å². The maximum Gasteiger partial charge on any atom is 0.184 e. The van der Waals surface area contributed by atoms with E-state index in [4.69, 9.17) is 15.2 Å². The largest absolute Gasteiger partial charge is 0.346 e. The summed E-state index contributed by atoms with van der Waals surface area (Å²) in [6, 6.07) is 8.43. The molecule has 1 saturated carbocycles. The lowest BCUT2D eigenvalue weighted by atomic mass is 10.0. The van der Waals surface area contributed by atoms with Crippen LogP contribution < -0.4 is 5.73 Å². The zero-order chi connectivity index (χ0) is 11.0. The molecule has 0 amide bonds. The number of ether oxygens (including phenoxy) is 2. The molecule has 1 heterocycles. The topological polar surface area (TPSA) is 44.5 Å². The van der Waals surface area contributed by atoms with Crippen LogP contribution in [0, 0.1) is 0 Å². The summed E-state index contributed by atoms with van der Waals surface area (Å²) in [6.45, 7) is 1.14. The minimum atomic E-state index is -0.203. The Labute approximate surface area is 95.5 Å². The van der Waals surface area contributed by atoms with Gasteiger partial charge in [-0.3, -0.25) is 0 Å². The highest BCUT2D eigenvalue weighted by atomic mass is 16.7. The third kappa shape index (κ3) is 1.86. The van der Waals surface area contributed by atoms with Gasteiger partial charge in [-0.2, -0.15) is 0 Å². The molecule has 0 bridgehead atoms. The predicted molar refractivity (Wildman–Crippen MR) is 61.0 cm³/mol. The van der Waals surface area contributed by atoms with Crippen molar-refractivity contribution in [3.8, 4) is 0 Å². The van der Waals surface area contributed by atoms with Crippen molar-refractivity contribution in [2.75, 3.05) is 13.2 Å². The van der Waals surface area contributed by atoms with Crippen molar-refractivity contribution in [1.82, 2.24) is 0 Å². The summed E-state index contributed by atoms with van der Waals surface area (Å²) in [4.78, 5) is 0. The summed E-state index contributed by atoms with van der Waals surface area (Å²) in [6.07, 6.45) is 2.44. The lowest BCUT2D eigenvalue weighted by Gasteiger charge is -2.14. The molecular weight excluding hydrogens is 202 g/mol. The van der Waals surface area contributed by atoms with Gasteiger partial charge < -0.3 is 15.2 Å². The van der Waals surface area contributed by atoms with Gasteiger partial charge in [0.05, 0.1) is 12.7 Å². The van der Waals surface area contributed by atoms with Gasteiger partial charge in [0.2, 0.25) is 0 Å². The van der Waals surface area contributed by atoms with E-state index in [1.165, 1.54) is 24.0 Å². The zero-order valence-electron chi connectivity index (χ0n) is 9.26. The molecule has 0 aromatic heterocycles. The van der Waals surface area contributed by atoms with Crippen molar-refractivity contribution < 1.29 is 9.47 Å². The Bertz CT molecular complexity index is 376. The average Bonchev–Trinajstić information content (AvgIpc) is 3.07. The normalized spacial score (nSPS) is 29.6. The number of hydrogen-bond donors (Lipinski definition) is 1. The quantitative estimate of drug-likeness (QED) is 0.845. The SMILES string of the molecule is NCC1COC(c2ccccc2C2CC2)O1. The standard InChI is InChI=1S/C13H17NO2/c14-7-10-8-15-13(16-10)12-4-2-1-3-11(12)9-5-6-9/h1-4,9-10,13H,5-8,14H2. The maximum atomic E-state index is 5.77. The fraction of sp³-hybridized carbons (Fsp3) is 0.538. The Morgan fingerprint density at radius 3 is 2.56 bits per heavy atom. The second kappa shape index (κ2) is 4.17. The van der Waals surface area contributed by atoms with Gasteiger partial charge in [-0.05, 0) is 24.3 Å². The van der Waals surface area contributed by atoms with Gasteiger partial charge in [-0.1, -0.05) is 24.3 Å². The molecule has 2 fully saturated rings. The Morgan fingerprint density at radius 1 is 1.19 bits per heavy atom. The third-order valence-electron chi connectivity index (χ3n) is 3.28. The molecule has 3 rings (SSSR count). The first kappa shape index (κ1) is 10.3. The maximum absolute atomic E-state index is 5.77. The van der Waals surface area contributed by atoms with Gasteiger partial charge in [-0.25, -0.2) is 0 Å². The molecule has 86 valence electrons. The highest BCUT2D eigenvalue weighted by molar-refractivity contribution is 5.34. The first-order chi connectivity index (χ1) is 7.88. The molecule has 3 nitrogen and oxygen atoms in total. The minimum absolute atomic E-state index is 0.0530. The van der Waals surface area contributed by atoms with Gasteiger partial charge in [0.15, 0.2) is 6.29 Å². The molecule has 0 radical (unpaired) electrons. The highest BCUT2D eigenvalue weighted by Crippen LogP contribution is 2.44. The fourth-order valence-electron chi connectivity index (χ4n) is 2.23. The second-order valence-electron chi connectivity index (χ2n) is 4.56. The molecule has 1 saturated heterocycles. The van der Waals surface area contributed by atoms with E-state index < -0.39 is 0 Å². The van der Waals surface area contributed by atoms with E-state index in [9.17, 15) is 0 Å². The lowest BCUT2D eigenvalue weighted by molar-refractivity contribution is -0.0591. The summed E-state index contributed by atoms with van der Waals surface area (Å²) in [5, 5.41) is 0. The van der Waals surface area contributed by atoms with Crippen molar-refractivity contribution in [3.63, 3.8) is 0 Å². The summed E-state index contributed by atoms with van der Waals surface area (Å²) < 4.78 is 11.4. The van der Waals surface area contributed by atoms with Crippen LogP contribution in [0.25, 0.3) is 0 Å². The Morgan fingerprint density at radius 2 is 1.94 bits per heavy atom. The minimum Gasteiger partial charge on any atom is -0.346 e. The average molecular weight is 219 g/mol. The van der Waals surface area contributed by atoms with Crippen LogP contribution in [0.5, 0.6) is 0 Å². The third-order valence-corrected chi connectivity index (χ3v) is 3.28. The lowest BCUT2D eigenvalue weighted by Crippen LogP contribution is -2.21. The van der Waals surface area contributed by atoms with Gasteiger partial charge in [0.1, 0.15) is 0 Å². The fourth-order valence-corrected chi connectivity index (χ4v) is 2.23. The van der Waals surface area contributed by atoms with E-state index in [0.717, 1.165) is 5.92 Å². The van der Waals surface area contributed by atoms with Crippen molar-refractivity contribution in [2.45, 2.75) is 31.2 Å². The predicted octanol–water partition coefficient (Wildman–Crippen LogP) is 1.94. The van der Waals surface area contributed by atoms with E-state index in [2.05, 4.69) is 18.2 Å². The van der Waals surface area contributed by atoms with Crippen molar-refractivity contribution in [3.05, 3.63) is 35.4 Å². The molecule has 1 aromatic rings. The molecule has 1 aliphatic heterocycles. The van der Waals surface area contributed by atoms with E-state index >= 15 is 0 Å².